The summed E-state index contributed by atoms with van der Waals surface area (Å²) in [6, 6.07) is 13.7. The van der Waals surface area contributed by atoms with Crippen LogP contribution in [0.25, 0.3) is 27.7 Å². The summed E-state index contributed by atoms with van der Waals surface area (Å²) in [7, 11) is 2.09. The second-order valence-electron chi connectivity index (χ2n) is 8.90. The second-order valence-corrected chi connectivity index (χ2v) is 8.90. The maximum atomic E-state index is 13.0. The molecule has 3 aromatic heterocycles. The number of benzene rings is 1. The third kappa shape index (κ3) is 3.48. The van der Waals surface area contributed by atoms with Crippen molar-refractivity contribution in [1.29, 1.82) is 0 Å². The number of nitrogens with zero attached hydrogens (tertiary/aromatic N) is 3. The highest BCUT2D eigenvalue weighted by Gasteiger charge is 2.25. The largest absolute Gasteiger partial charge is 0.347 e. The van der Waals surface area contributed by atoms with Crippen LogP contribution in [0.3, 0.4) is 0 Å². The Morgan fingerprint density at radius 1 is 1.09 bits per heavy atom. The van der Waals surface area contributed by atoms with E-state index in [0.29, 0.717) is 0 Å². The number of carbonyl (C=O) groups excluding carboxylic acids is 1. The van der Waals surface area contributed by atoms with Crippen LogP contribution >= 0.6 is 0 Å². The molecule has 1 atom stereocenters. The molecule has 0 spiro atoms. The van der Waals surface area contributed by atoms with Gasteiger partial charge in [0.05, 0.1) is 11.2 Å². The summed E-state index contributed by atoms with van der Waals surface area (Å²) in [5.74, 6) is 0.384. The van der Waals surface area contributed by atoms with Crippen molar-refractivity contribution in [1.82, 2.24) is 14.1 Å². The third-order valence-corrected chi connectivity index (χ3v) is 6.86. The lowest BCUT2D eigenvalue weighted by molar-refractivity contribution is -0.120. The van der Waals surface area contributed by atoms with Crippen LogP contribution < -0.4 is 5.56 Å². The number of hydrogen-bond acceptors (Lipinski definition) is 3. The average molecular weight is 426 g/mol. The number of Topliss-reactive ketones (excluding diaryl/α,β-unsaturated/α-hetero) is 1. The minimum absolute atomic E-state index is 0.0742. The number of aromatic nitrogens is 3. The van der Waals surface area contributed by atoms with Gasteiger partial charge in [-0.05, 0) is 74.9 Å². The highest BCUT2D eigenvalue weighted by molar-refractivity contribution is 5.88. The molecule has 0 saturated carbocycles. The molecular weight excluding hydrogens is 398 g/mol. The van der Waals surface area contributed by atoms with E-state index in [2.05, 4.69) is 28.7 Å². The molecule has 1 aromatic carbocycles. The second kappa shape index (κ2) is 7.90. The summed E-state index contributed by atoms with van der Waals surface area (Å²) < 4.78 is 3.93. The van der Waals surface area contributed by atoms with E-state index in [-0.39, 0.29) is 17.3 Å². The molecule has 3 heterocycles. The van der Waals surface area contributed by atoms with Gasteiger partial charge in [-0.15, -0.1) is 0 Å². The van der Waals surface area contributed by atoms with Gasteiger partial charge in [-0.1, -0.05) is 12.1 Å². The molecule has 32 heavy (non-hydrogen) atoms. The maximum absolute atomic E-state index is 13.0. The van der Waals surface area contributed by atoms with Gasteiger partial charge in [-0.2, -0.15) is 0 Å². The van der Waals surface area contributed by atoms with Crippen molar-refractivity contribution in [2.45, 2.75) is 39.5 Å². The summed E-state index contributed by atoms with van der Waals surface area (Å²) in [4.78, 5) is 29.4. The van der Waals surface area contributed by atoms with Crippen molar-refractivity contribution in [3.05, 3.63) is 82.2 Å². The number of aryl methyl sites for hydroxylation is 2. The van der Waals surface area contributed by atoms with Crippen LogP contribution in [0.1, 0.15) is 36.7 Å². The van der Waals surface area contributed by atoms with Crippen LogP contribution in [0.2, 0.25) is 0 Å². The van der Waals surface area contributed by atoms with Gasteiger partial charge in [-0.3, -0.25) is 19.1 Å². The van der Waals surface area contributed by atoms with E-state index in [0.717, 1.165) is 53.7 Å². The molecule has 0 fully saturated rings. The molecule has 4 aromatic rings. The Bertz CT molecular complexity index is 1390. The van der Waals surface area contributed by atoms with Gasteiger partial charge in [0.2, 0.25) is 0 Å². The van der Waals surface area contributed by atoms with E-state index >= 15 is 0 Å². The van der Waals surface area contributed by atoms with Gasteiger partial charge < -0.3 is 4.57 Å². The Morgan fingerprint density at radius 2 is 1.94 bits per heavy atom. The van der Waals surface area contributed by atoms with E-state index in [1.54, 1.807) is 23.8 Å². The Labute approximate surface area is 187 Å². The quantitative estimate of drug-likeness (QED) is 0.444. The summed E-state index contributed by atoms with van der Waals surface area (Å²) in [5.41, 5.74) is 7.23. The molecule has 1 aliphatic rings. The molecule has 5 heteroatoms. The summed E-state index contributed by atoms with van der Waals surface area (Å²) in [6.45, 7) is 3.66. The maximum Gasteiger partial charge on any atom is 0.255 e. The smallest absolute Gasteiger partial charge is 0.255 e. The van der Waals surface area contributed by atoms with E-state index in [4.69, 9.17) is 0 Å². The fraction of sp³-hybridized carbons (Fsp3) is 0.296. The molecule has 0 amide bonds. The summed E-state index contributed by atoms with van der Waals surface area (Å²) in [6.07, 6.45) is 7.41. The lowest BCUT2D eigenvalue weighted by atomic mass is 9.93. The van der Waals surface area contributed by atoms with E-state index in [1.165, 1.54) is 16.6 Å². The molecule has 0 radical (unpaired) electrons. The first-order chi connectivity index (χ1) is 15.4. The van der Waals surface area contributed by atoms with Crippen molar-refractivity contribution in [3.8, 4) is 16.8 Å². The Hall–Kier alpha value is -3.47. The van der Waals surface area contributed by atoms with Gasteiger partial charge in [0, 0.05) is 53.8 Å². The fourth-order valence-electron chi connectivity index (χ4n) is 4.97. The molecule has 1 aliphatic carbocycles. The summed E-state index contributed by atoms with van der Waals surface area (Å²) in [5, 5.41) is 1.19. The molecule has 0 aliphatic heterocycles. The Kier molecular flexibility index (Phi) is 5.04. The number of pyridine rings is 2. The molecular formula is C27H27N3O2. The van der Waals surface area contributed by atoms with E-state index in [9.17, 15) is 9.59 Å². The minimum atomic E-state index is -0.0742. The zero-order valence-corrected chi connectivity index (χ0v) is 18.8. The van der Waals surface area contributed by atoms with E-state index < -0.39 is 0 Å². The molecule has 5 rings (SSSR count). The SMILES string of the molecule is CC(=O)C1CCCc2c(c3ccc(-n4ccc(-c5ccc(C)nc5)cc4=O)cc3n2C)C1. The predicted molar refractivity (Wildman–Crippen MR) is 127 cm³/mol. The third-order valence-electron chi connectivity index (χ3n) is 6.86. The lowest BCUT2D eigenvalue weighted by Crippen LogP contribution is -2.16. The molecule has 0 saturated heterocycles. The first-order valence-corrected chi connectivity index (χ1v) is 11.2. The number of fused-ring (bicyclic) bond motifs is 3. The predicted octanol–water partition coefficient (Wildman–Crippen LogP) is 4.78. The molecule has 1 unspecified atom stereocenters. The van der Waals surface area contributed by atoms with Gasteiger partial charge in [0.15, 0.2) is 0 Å². The van der Waals surface area contributed by atoms with Crippen LogP contribution in [0.5, 0.6) is 0 Å². The number of hydrogen-bond donors (Lipinski definition) is 0. The Balaban J connectivity index is 1.56. The van der Waals surface area contributed by atoms with Crippen molar-refractivity contribution >= 4 is 16.7 Å². The zero-order chi connectivity index (χ0) is 22.4. The fourth-order valence-corrected chi connectivity index (χ4v) is 4.97. The van der Waals surface area contributed by atoms with Gasteiger partial charge in [0.1, 0.15) is 5.78 Å². The lowest BCUT2D eigenvalue weighted by Gasteiger charge is -2.11. The monoisotopic (exact) mass is 425 g/mol. The minimum Gasteiger partial charge on any atom is -0.347 e. The standard InChI is InChI=1S/C27H27N3O2/c1-17-7-8-21(16-28-17)20-11-12-30(27(32)14-20)22-9-10-23-24-13-19(18(2)31)5-4-6-25(24)29(3)26(23)15-22/h7-12,14-16,19H,4-6,13H2,1-3H3. The average Bonchev–Trinajstić information content (AvgIpc) is 2.93. The van der Waals surface area contributed by atoms with Crippen molar-refractivity contribution < 1.29 is 4.79 Å². The van der Waals surface area contributed by atoms with E-state index in [1.807, 2.05) is 37.4 Å². The topological polar surface area (TPSA) is 56.9 Å². The van der Waals surface area contributed by atoms with Crippen molar-refractivity contribution in [3.63, 3.8) is 0 Å². The molecule has 5 nitrogen and oxygen atoms in total. The van der Waals surface area contributed by atoms with Crippen molar-refractivity contribution in [2.75, 3.05) is 0 Å². The molecule has 162 valence electrons. The number of rotatable bonds is 3. The van der Waals surface area contributed by atoms with Crippen LogP contribution in [0.15, 0.2) is 59.7 Å². The highest BCUT2D eigenvalue weighted by atomic mass is 16.1. The first kappa shape index (κ1) is 20.4. The molecule has 0 bridgehead atoms. The normalized spacial score (nSPS) is 16.0. The zero-order valence-electron chi connectivity index (χ0n) is 18.8. The van der Waals surface area contributed by atoms with Crippen molar-refractivity contribution in [2.24, 2.45) is 13.0 Å². The van der Waals surface area contributed by atoms with Gasteiger partial charge in [0.25, 0.3) is 5.56 Å². The highest BCUT2D eigenvalue weighted by Crippen LogP contribution is 2.34. The van der Waals surface area contributed by atoms with Gasteiger partial charge in [-0.25, -0.2) is 0 Å². The Morgan fingerprint density at radius 3 is 2.66 bits per heavy atom. The molecule has 0 N–H and O–H groups in total. The van der Waals surface area contributed by atoms with Crippen LogP contribution in [-0.4, -0.2) is 19.9 Å². The first-order valence-electron chi connectivity index (χ1n) is 11.2. The summed E-state index contributed by atoms with van der Waals surface area (Å²) >= 11 is 0. The van der Waals surface area contributed by atoms with Crippen LogP contribution in [0.4, 0.5) is 0 Å². The van der Waals surface area contributed by atoms with Crippen LogP contribution in [-0.2, 0) is 24.7 Å². The van der Waals surface area contributed by atoms with Crippen LogP contribution in [0, 0.1) is 12.8 Å². The number of carbonyl (C=O) groups is 1. The van der Waals surface area contributed by atoms with Gasteiger partial charge >= 0.3 is 0 Å². The number of ketones is 1.